The van der Waals surface area contributed by atoms with Crippen LogP contribution in [0.1, 0.15) is 11.3 Å². The van der Waals surface area contributed by atoms with Crippen LogP contribution in [0.4, 0.5) is 13.2 Å². The smallest absolute Gasteiger partial charge is 0.469 e. The molecule has 2 rings (SSSR count). The molecule has 0 saturated heterocycles. The molecule has 0 spiro atoms. The van der Waals surface area contributed by atoms with E-state index in [-0.39, 0.29) is 5.75 Å². The molecule has 1 aromatic heterocycles. The molecule has 0 aliphatic heterocycles. The average molecular weight is 285 g/mol. The van der Waals surface area contributed by atoms with E-state index in [0.717, 1.165) is 5.76 Å². The van der Waals surface area contributed by atoms with Gasteiger partial charge in [0.2, 0.25) is 0 Å². The summed E-state index contributed by atoms with van der Waals surface area (Å²) in [7, 11) is 0. The van der Waals surface area contributed by atoms with Crippen molar-refractivity contribution in [2.45, 2.75) is 19.3 Å². The van der Waals surface area contributed by atoms with Gasteiger partial charge in [-0.15, -0.1) is 13.2 Å². The van der Waals surface area contributed by atoms with E-state index in [9.17, 15) is 13.2 Å². The van der Waals surface area contributed by atoms with Crippen LogP contribution in [-0.2, 0) is 13.0 Å². The Bertz CT molecular complexity index is 523. The highest BCUT2D eigenvalue weighted by Gasteiger charge is 2.31. The van der Waals surface area contributed by atoms with Crippen molar-refractivity contribution in [3.63, 3.8) is 0 Å². The highest BCUT2D eigenvalue weighted by molar-refractivity contribution is 5.33. The summed E-state index contributed by atoms with van der Waals surface area (Å²) in [5.41, 5.74) is 0.462. The second-order valence-electron chi connectivity index (χ2n) is 4.16. The third kappa shape index (κ3) is 4.62. The predicted molar refractivity (Wildman–Crippen MR) is 67.2 cm³/mol. The molecular weight excluding hydrogens is 271 g/mol. The zero-order valence-electron chi connectivity index (χ0n) is 10.6. The van der Waals surface area contributed by atoms with Crippen LogP contribution < -0.4 is 10.1 Å². The predicted octanol–water partition coefficient (Wildman–Crippen LogP) is 3.51. The van der Waals surface area contributed by atoms with Crippen LogP contribution in [0, 0.1) is 0 Å². The third-order valence-corrected chi connectivity index (χ3v) is 2.64. The molecule has 6 heteroatoms. The second kappa shape index (κ2) is 6.47. The van der Waals surface area contributed by atoms with E-state index in [2.05, 4.69) is 10.1 Å². The van der Waals surface area contributed by atoms with Gasteiger partial charge < -0.3 is 14.5 Å². The Morgan fingerprint density at radius 3 is 2.60 bits per heavy atom. The first kappa shape index (κ1) is 14.5. The van der Waals surface area contributed by atoms with Gasteiger partial charge in [-0.2, -0.15) is 0 Å². The molecule has 2 aromatic rings. The van der Waals surface area contributed by atoms with Crippen molar-refractivity contribution >= 4 is 0 Å². The van der Waals surface area contributed by atoms with Crippen molar-refractivity contribution in [3.8, 4) is 5.75 Å². The number of alkyl halides is 3. The lowest BCUT2D eigenvalue weighted by Gasteiger charge is -2.13. The fourth-order valence-electron chi connectivity index (χ4n) is 1.76. The number of ether oxygens (including phenoxy) is 1. The summed E-state index contributed by atoms with van der Waals surface area (Å²) < 4.78 is 45.9. The minimum absolute atomic E-state index is 0.175. The maximum atomic E-state index is 12.2. The van der Waals surface area contributed by atoms with Crippen molar-refractivity contribution in [3.05, 3.63) is 54.0 Å². The number of benzene rings is 1. The van der Waals surface area contributed by atoms with Gasteiger partial charge in [-0.25, -0.2) is 0 Å². The van der Waals surface area contributed by atoms with E-state index in [1.54, 1.807) is 24.5 Å². The number of halogens is 3. The fourth-order valence-corrected chi connectivity index (χ4v) is 1.76. The Balaban J connectivity index is 1.86. The normalized spacial score (nSPS) is 11.6. The maximum absolute atomic E-state index is 12.2. The van der Waals surface area contributed by atoms with E-state index < -0.39 is 6.36 Å². The summed E-state index contributed by atoms with van der Waals surface area (Å²) >= 11 is 0. The molecule has 1 aromatic carbocycles. The van der Waals surface area contributed by atoms with Gasteiger partial charge in [0.25, 0.3) is 0 Å². The fraction of sp³-hybridized carbons (Fsp3) is 0.286. The number of furan rings is 1. The first-order valence-electron chi connectivity index (χ1n) is 6.11. The van der Waals surface area contributed by atoms with E-state index in [0.29, 0.717) is 25.1 Å². The molecule has 0 atom stereocenters. The summed E-state index contributed by atoms with van der Waals surface area (Å²) in [4.78, 5) is 0. The largest absolute Gasteiger partial charge is 0.573 e. The molecule has 1 N–H and O–H groups in total. The molecule has 0 bridgehead atoms. The van der Waals surface area contributed by atoms with Gasteiger partial charge in [0.15, 0.2) is 0 Å². The zero-order valence-corrected chi connectivity index (χ0v) is 10.6. The van der Waals surface area contributed by atoms with E-state index in [1.807, 2.05) is 6.07 Å². The van der Waals surface area contributed by atoms with Gasteiger partial charge >= 0.3 is 6.36 Å². The summed E-state index contributed by atoms with van der Waals surface area (Å²) in [5.74, 6) is 0.655. The van der Waals surface area contributed by atoms with Crippen LogP contribution >= 0.6 is 0 Å². The van der Waals surface area contributed by atoms with Crippen molar-refractivity contribution in [2.75, 3.05) is 6.54 Å². The van der Waals surface area contributed by atoms with E-state index >= 15 is 0 Å². The molecule has 108 valence electrons. The minimum atomic E-state index is -4.68. The quantitative estimate of drug-likeness (QED) is 0.825. The van der Waals surface area contributed by atoms with Crippen molar-refractivity contribution in [1.82, 2.24) is 5.32 Å². The molecule has 20 heavy (non-hydrogen) atoms. The van der Waals surface area contributed by atoms with Gasteiger partial charge in [0.05, 0.1) is 6.26 Å². The molecule has 1 heterocycles. The van der Waals surface area contributed by atoms with Crippen LogP contribution in [0.3, 0.4) is 0 Å². The maximum Gasteiger partial charge on any atom is 0.573 e. The molecule has 0 aliphatic carbocycles. The SMILES string of the molecule is FC(F)(F)Oc1ccccc1CNCCc1ccco1. The van der Waals surface area contributed by atoms with Crippen LogP contribution in [0.2, 0.25) is 0 Å². The number of hydrogen-bond acceptors (Lipinski definition) is 3. The summed E-state index contributed by atoms with van der Waals surface area (Å²) in [5, 5.41) is 3.06. The van der Waals surface area contributed by atoms with E-state index in [1.165, 1.54) is 12.1 Å². The van der Waals surface area contributed by atoms with Gasteiger partial charge in [0, 0.05) is 25.1 Å². The molecular formula is C14H14F3NO2. The van der Waals surface area contributed by atoms with Gasteiger partial charge in [-0.05, 0) is 18.2 Å². The molecule has 0 radical (unpaired) electrons. The topological polar surface area (TPSA) is 34.4 Å². The van der Waals surface area contributed by atoms with Crippen LogP contribution in [0.25, 0.3) is 0 Å². The Morgan fingerprint density at radius 2 is 1.90 bits per heavy atom. The summed E-state index contributed by atoms with van der Waals surface area (Å²) in [6.07, 6.45) is -2.42. The van der Waals surface area contributed by atoms with Gasteiger partial charge in [-0.1, -0.05) is 18.2 Å². The molecule has 0 aliphatic rings. The standard InChI is InChI=1S/C14H14F3NO2/c15-14(16,17)20-13-6-2-1-4-11(13)10-18-8-7-12-5-3-9-19-12/h1-6,9,18H,7-8,10H2. The first-order chi connectivity index (χ1) is 9.54. The lowest BCUT2D eigenvalue weighted by Crippen LogP contribution is -2.21. The number of nitrogens with one attached hydrogen (secondary N) is 1. The van der Waals surface area contributed by atoms with Crippen molar-refractivity contribution in [1.29, 1.82) is 0 Å². The monoisotopic (exact) mass is 285 g/mol. The Hall–Kier alpha value is -1.95. The zero-order chi connectivity index (χ0) is 14.4. The lowest BCUT2D eigenvalue weighted by atomic mass is 10.2. The van der Waals surface area contributed by atoms with Crippen molar-refractivity contribution < 1.29 is 22.3 Å². The molecule has 0 saturated carbocycles. The molecule has 3 nitrogen and oxygen atoms in total. The Kier molecular flexibility index (Phi) is 4.68. The Morgan fingerprint density at radius 1 is 1.10 bits per heavy atom. The van der Waals surface area contributed by atoms with Crippen LogP contribution in [0.15, 0.2) is 47.1 Å². The van der Waals surface area contributed by atoms with Gasteiger partial charge in [0.1, 0.15) is 11.5 Å². The highest BCUT2D eigenvalue weighted by atomic mass is 19.4. The Labute approximate surface area is 114 Å². The van der Waals surface area contributed by atoms with Crippen LogP contribution in [-0.4, -0.2) is 12.9 Å². The van der Waals surface area contributed by atoms with Crippen molar-refractivity contribution in [2.24, 2.45) is 0 Å². The van der Waals surface area contributed by atoms with Gasteiger partial charge in [-0.3, -0.25) is 0 Å². The number of rotatable bonds is 6. The summed E-state index contributed by atoms with van der Waals surface area (Å²) in [6.45, 7) is 0.904. The molecule has 0 fully saturated rings. The third-order valence-electron chi connectivity index (χ3n) is 2.64. The minimum Gasteiger partial charge on any atom is -0.469 e. The first-order valence-corrected chi connectivity index (χ1v) is 6.11. The average Bonchev–Trinajstić information content (AvgIpc) is 2.88. The molecule has 0 unspecified atom stereocenters. The van der Waals surface area contributed by atoms with E-state index in [4.69, 9.17) is 4.42 Å². The highest BCUT2D eigenvalue weighted by Crippen LogP contribution is 2.25. The summed E-state index contributed by atoms with van der Waals surface area (Å²) in [6, 6.07) is 9.72. The second-order valence-corrected chi connectivity index (χ2v) is 4.16. The number of hydrogen-bond donors (Lipinski definition) is 1. The number of para-hydroxylation sites is 1. The lowest BCUT2D eigenvalue weighted by molar-refractivity contribution is -0.274. The molecule has 0 amide bonds. The van der Waals surface area contributed by atoms with Crippen LogP contribution in [0.5, 0.6) is 5.75 Å².